The normalized spacial score (nSPS) is 22.6. The summed E-state index contributed by atoms with van der Waals surface area (Å²) >= 11 is 0. The van der Waals surface area contributed by atoms with Crippen molar-refractivity contribution in [2.75, 3.05) is 13.1 Å². The average molecular weight is 254 g/mol. The molecule has 2 atom stereocenters. The van der Waals surface area contributed by atoms with Crippen LogP contribution in [-0.2, 0) is 4.79 Å². The molecule has 18 heavy (non-hydrogen) atoms. The third-order valence-corrected chi connectivity index (χ3v) is 4.29. The number of carbonyl (C=O) groups excluding carboxylic acids is 1. The zero-order chi connectivity index (χ0) is 13.4. The van der Waals surface area contributed by atoms with Gasteiger partial charge in [0, 0.05) is 19.0 Å². The molecule has 0 aromatic rings. The van der Waals surface area contributed by atoms with Crippen LogP contribution in [0.2, 0.25) is 0 Å². The van der Waals surface area contributed by atoms with E-state index in [0.29, 0.717) is 24.3 Å². The molecule has 1 saturated heterocycles. The molecule has 0 aliphatic carbocycles. The fraction of sp³-hybridized carbons (Fsp3) is 0.933. The monoisotopic (exact) mass is 254 g/mol. The van der Waals surface area contributed by atoms with E-state index in [2.05, 4.69) is 18.7 Å². The Kier molecular flexibility index (Phi) is 7.33. The second-order valence-electron chi connectivity index (χ2n) is 5.68. The van der Waals surface area contributed by atoms with Gasteiger partial charge in [-0.15, -0.1) is 0 Å². The molecule has 0 spiro atoms. The summed E-state index contributed by atoms with van der Waals surface area (Å²) in [4.78, 5) is 14.4. The third kappa shape index (κ3) is 4.97. The Morgan fingerprint density at radius 2 is 2.11 bits per heavy atom. The van der Waals surface area contributed by atoms with Gasteiger partial charge in [-0.05, 0) is 45.1 Å². The van der Waals surface area contributed by atoms with Crippen molar-refractivity contribution in [2.45, 2.75) is 71.3 Å². The first-order valence-corrected chi connectivity index (χ1v) is 7.68. The maximum atomic E-state index is 12.3. The van der Waals surface area contributed by atoms with Crippen LogP contribution < -0.4 is 5.73 Å². The molecule has 3 nitrogen and oxygen atoms in total. The van der Waals surface area contributed by atoms with Crippen molar-refractivity contribution >= 4 is 5.91 Å². The second kappa shape index (κ2) is 8.52. The molecule has 0 aromatic carbocycles. The molecule has 1 amide bonds. The molecule has 0 aromatic heterocycles. The van der Waals surface area contributed by atoms with Crippen LogP contribution in [-0.4, -0.2) is 29.9 Å². The Balaban J connectivity index is 2.38. The minimum atomic E-state index is 0.361. The number of hydrogen-bond donors (Lipinski definition) is 1. The Hall–Kier alpha value is -0.570. The van der Waals surface area contributed by atoms with Crippen LogP contribution in [0.25, 0.3) is 0 Å². The molecule has 106 valence electrons. The number of amides is 1. The van der Waals surface area contributed by atoms with E-state index < -0.39 is 0 Å². The number of nitrogens with two attached hydrogens (primary N) is 1. The van der Waals surface area contributed by atoms with E-state index in [1.165, 1.54) is 25.7 Å². The lowest BCUT2D eigenvalue weighted by Gasteiger charge is -2.28. The van der Waals surface area contributed by atoms with Crippen LogP contribution in [0.15, 0.2) is 0 Å². The molecular weight excluding hydrogens is 224 g/mol. The summed E-state index contributed by atoms with van der Waals surface area (Å²) in [5.74, 6) is 0.987. The van der Waals surface area contributed by atoms with Gasteiger partial charge in [0.25, 0.3) is 0 Å². The van der Waals surface area contributed by atoms with Crippen molar-refractivity contribution in [3.63, 3.8) is 0 Å². The maximum absolute atomic E-state index is 12.3. The molecule has 2 N–H and O–H groups in total. The topological polar surface area (TPSA) is 46.3 Å². The lowest BCUT2D eigenvalue weighted by molar-refractivity contribution is -0.133. The van der Waals surface area contributed by atoms with Gasteiger partial charge in [0.1, 0.15) is 0 Å². The smallest absolute Gasteiger partial charge is 0.222 e. The second-order valence-corrected chi connectivity index (χ2v) is 5.68. The Morgan fingerprint density at radius 3 is 2.78 bits per heavy atom. The molecular formula is C15H30N2O. The van der Waals surface area contributed by atoms with Gasteiger partial charge < -0.3 is 10.6 Å². The van der Waals surface area contributed by atoms with Gasteiger partial charge in [0.05, 0.1) is 0 Å². The molecule has 2 unspecified atom stereocenters. The molecule has 1 aliphatic heterocycles. The van der Waals surface area contributed by atoms with Crippen molar-refractivity contribution in [1.82, 2.24) is 4.90 Å². The number of likely N-dealkylation sites (tertiary alicyclic amines) is 1. The van der Waals surface area contributed by atoms with Crippen LogP contribution in [0.1, 0.15) is 65.2 Å². The van der Waals surface area contributed by atoms with E-state index in [0.717, 1.165) is 32.4 Å². The summed E-state index contributed by atoms with van der Waals surface area (Å²) in [7, 11) is 0. The van der Waals surface area contributed by atoms with E-state index in [4.69, 9.17) is 5.73 Å². The van der Waals surface area contributed by atoms with Crippen molar-refractivity contribution in [2.24, 2.45) is 11.7 Å². The fourth-order valence-corrected chi connectivity index (χ4v) is 2.90. The summed E-state index contributed by atoms with van der Waals surface area (Å²) in [6.07, 6.45) is 8.81. The summed E-state index contributed by atoms with van der Waals surface area (Å²) < 4.78 is 0. The fourth-order valence-electron chi connectivity index (χ4n) is 2.90. The Labute approximate surface area is 112 Å². The summed E-state index contributed by atoms with van der Waals surface area (Å²) in [5, 5.41) is 0. The predicted octanol–water partition coefficient (Wildman–Crippen LogP) is 2.93. The molecule has 0 radical (unpaired) electrons. The van der Waals surface area contributed by atoms with Gasteiger partial charge in [-0.2, -0.15) is 0 Å². The van der Waals surface area contributed by atoms with Crippen LogP contribution in [0.4, 0.5) is 0 Å². The molecule has 0 bridgehead atoms. The SMILES string of the molecule is CCC(CCN)CCC(=O)N1CCCCCC1C. The maximum Gasteiger partial charge on any atom is 0.222 e. The van der Waals surface area contributed by atoms with E-state index in [9.17, 15) is 4.79 Å². The highest BCUT2D eigenvalue weighted by Crippen LogP contribution is 2.20. The van der Waals surface area contributed by atoms with Gasteiger partial charge in [0.15, 0.2) is 0 Å². The Bertz CT molecular complexity index is 243. The lowest BCUT2D eigenvalue weighted by atomic mass is 9.96. The Morgan fingerprint density at radius 1 is 1.33 bits per heavy atom. The van der Waals surface area contributed by atoms with E-state index in [1.54, 1.807) is 0 Å². The zero-order valence-electron chi connectivity index (χ0n) is 12.2. The number of nitrogens with zero attached hydrogens (tertiary/aromatic N) is 1. The van der Waals surface area contributed by atoms with E-state index in [-0.39, 0.29) is 0 Å². The molecule has 1 rings (SSSR count). The summed E-state index contributed by atoms with van der Waals surface area (Å²) in [6, 6.07) is 0.439. The summed E-state index contributed by atoms with van der Waals surface area (Å²) in [5.41, 5.74) is 5.60. The molecule has 3 heteroatoms. The minimum Gasteiger partial charge on any atom is -0.340 e. The quantitative estimate of drug-likeness (QED) is 0.792. The first-order valence-electron chi connectivity index (χ1n) is 7.68. The lowest BCUT2D eigenvalue weighted by Crippen LogP contribution is -2.38. The zero-order valence-corrected chi connectivity index (χ0v) is 12.2. The standard InChI is InChI=1S/C15H30N2O/c1-3-14(10-11-16)8-9-15(18)17-12-6-4-5-7-13(17)2/h13-14H,3-12,16H2,1-2H3. The van der Waals surface area contributed by atoms with E-state index >= 15 is 0 Å². The third-order valence-electron chi connectivity index (χ3n) is 4.29. The highest BCUT2D eigenvalue weighted by atomic mass is 16.2. The minimum absolute atomic E-state index is 0.361. The van der Waals surface area contributed by atoms with Crippen LogP contribution in [0.5, 0.6) is 0 Å². The van der Waals surface area contributed by atoms with Gasteiger partial charge in [-0.3, -0.25) is 4.79 Å². The van der Waals surface area contributed by atoms with Crippen molar-refractivity contribution < 1.29 is 4.79 Å². The number of hydrogen-bond acceptors (Lipinski definition) is 2. The van der Waals surface area contributed by atoms with E-state index in [1.807, 2.05) is 0 Å². The van der Waals surface area contributed by atoms with Crippen LogP contribution in [0, 0.1) is 5.92 Å². The molecule has 0 saturated carbocycles. The van der Waals surface area contributed by atoms with Crippen LogP contribution in [0.3, 0.4) is 0 Å². The van der Waals surface area contributed by atoms with Crippen molar-refractivity contribution in [1.29, 1.82) is 0 Å². The summed E-state index contributed by atoms with van der Waals surface area (Å²) in [6.45, 7) is 6.10. The van der Waals surface area contributed by atoms with Gasteiger partial charge >= 0.3 is 0 Å². The molecule has 1 fully saturated rings. The predicted molar refractivity (Wildman–Crippen MR) is 76.3 cm³/mol. The molecule has 1 aliphatic rings. The first kappa shape index (κ1) is 15.5. The van der Waals surface area contributed by atoms with Gasteiger partial charge in [-0.1, -0.05) is 26.2 Å². The van der Waals surface area contributed by atoms with Crippen molar-refractivity contribution in [3.05, 3.63) is 0 Å². The number of carbonyl (C=O) groups is 1. The number of rotatable bonds is 6. The highest BCUT2D eigenvalue weighted by molar-refractivity contribution is 5.76. The van der Waals surface area contributed by atoms with Crippen LogP contribution >= 0.6 is 0 Å². The first-order chi connectivity index (χ1) is 8.69. The average Bonchev–Trinajstić information content (AvgIpc) is 2.58. The largest absolute Gasteiger partial charge is 0.340 e. The molecule has 1 heterocycles. The van der Waals surface area contributed by atoms with Crippen molar-refractivity contribution in [3.8, 4) is 0 Å². The highest BCUT2D eigenvalue weighted by Gasteiger charge is 2.22. The van der Waals surface area contributed by atoms with Gasteiger partial charge in [-0.25, -0.2) is 0 Å². The van der Waals surface area contributed by atoms with Gasteiger partial charge in [0.2, 0.25) is 5.91 Å².